The van der Waals surface area contributed by atoms with E-state index in [1.807, 2.05) is 7.05 Å². The normalized spacial score (nSPS) is 10.6. The first-order valence-electron chi connectivity index (χ1n) is 4.58. The predicted molar refractivity (Wildman–Crippen MR) is 51.3 cm³/mol. The Balaban J connectivity index is 3.09. The van der Waals surface area contributed by atoms with Crippen LogP contribution < -0.4 is 5.32 Å². The van der Waals surface area contributed by atoms with Crippen LogP contribution in [0.25, 0.3) is 0 Å². The highest BCUT2D eigenvalue weighted by molar-refractivity contribution is 5.48. The van der Waals surface area contributed by atoms with Gasteiger partial charge in [-0.05, 0) is 46.6 Å². The van der Waals surface area contributed by atoms with Gasteiger partial charge in [-0.1, -0.05) is 0 Å². The van der Waals surface area contributed by atoms with E-state index >= 15 is 0 Å². The van der Waals surface area contributed by atoms with Crippen molar-refractivity contribution in [2.45, 2.75) is 19.3 Å². The Morgan fingerprint density at radius 1 is 1.33 bits per heavy atom. The molecule has 1 N–H and O–H groups in total. The zero-order valence-electron chi connectivity index (χ0n) is 8.18. The number of carbonyl (C=O) groups is 1. The molecule has 0 rings (SSSR count). The van der Waals surface area contributed by atoms with Crippen molar-refractivity contribution in [2.24, 2.45) is 0 Å². The quantitative estimate of drug-likeness (QED) is 0.427. The SMILES string of the molecule is CNCCCN(C)CCCC=O. The topological polar surface area (TPSA) is 32.3 Å². The fourth-order valence-electron chi connectivity index (χ4n) is 1.08. The summed E-state index contributed by atoms with van der Waals surface area (Å²) in [5.41, 5.74) is 0. The molecule has 0 aromatic rings. The zero-order chi connectivity index (χ0) is 9.23. The molecule has 0 radical (unpaired) electrons. The van der Waals surface area contributed by atoms with Gasteiger partial charge in [0.1, 0.15) is 6.29 Å². The van der Waals surface area contributed by atoms with E-state index in [0.29, 0.717) is 6.42 Å². The lowest BCUT2D eigenvalue weighted by Crippen LogP contribution is -2.23. The van der Waals surface area contributed by atoms with Crippen molar-refractivity contribution in [1.82, 2.24) is 10.2 Å². The van der Waals surface area contributed by atoms with E-state index in [4.69, 9.17) is 0 Å². The van der Waals surface area contributed by atoms with Crippen molar-refractivity contribution in [2.75, 3.05) is 33.7 Å². The molecule has 0 atom stereocenters. The van der Waals surface area contributed by atoms with Crippen molar-refractivity contribution >= 4 is 6.29 Å². The summed E-state index contributed by atoms with van der Waals surface area (Å²) in [7, 11) is 4.06. The Hall–Kier alpha value is -0.410. The number of unbranched alkanes of at least 4 members (excludes halogenated alkanes) is 1. The van der Waals surface area contributed by atoms with Crippen LogP contribution in [0.3, 0.4) is 0 Å². The molecule has 0 fully saturated rings. The third-order valence-corrected chi connectivity index (χ3v) is 1.83. The lowest BCUT2D eigenvalue weighted by Gasteiger charge is -2.15. The van der Waals surface area contributed by atoms with Gasteiger partial charge in [0.2, 0.25) is 0 Å². The lowest BCUT2D eigenvalue weighted by atomic mass is 10.3. The van der Waals surface area contributed by atoms with E-state index in [0.717, 1.165) is 32.3 Å². The first-order valence-corrected chi connectivity index (χ1v) is 4.58. The maximum absolute atomic E-state index is 10.0. The lowest BCUT2D eigenvalue weighted by molar-refractivity contribution is -0.107. The summed E-state index contributed by atoms with van der Waals surface area (Å²) >= 11 is 0. The van der Waals surface area contributed by atoms with Crippen LogP contribution in [-0.4, -0.2) is 44.9 Å². The summed E-state index contributed by atoms with van der Waals surface area (Å²) in [6.45, 7) is 3.21. The van der Waals surface area contributed by atoms with E-state index in [9.17, 15) is 4.79 Å². The molecule has 0 amide bonds. The number of carbonyl (C=O) groups excluding carboxylic acids is 1. The summed E-state index contributed by atoms with van der Waals surface area (Å²) < 4.78 is 0. The molecule has 0 aromatic carbocycles. The smallest absolute Gasteiger partial charge is 0.120 e. The minimum Gasteiger partial charge on any atom is -0.320 e. The van der Waals surface area contributed by atoms with Gasteiger partial charge in [0, 0.05) is 6.42 Å². The van der Waals surface area contributed by atoms with Gasteiger partial charge < -0.3 is 15.0 Å². The maximum Gasteiger partial charge on any atom is 0.120 e. The van der Waals surface area contributed by atoms with Crippen molar-refractivity contribution < 1.29 is 4.79 Å². The molecule has 0 unspecified atom stereocenters. The van der Waals surface area contributed by atoms with E-state index in [1.54, 1.807) is 0 Å². The second kappa shape index (κ2) is 8.68. The number of aldehydes is 1. The molecule has 3 nitrogen and oxygen atoms in total. The predicted octanol–water partition coefficient (Wildman–Crippen LogP) is 0.507. The van der Waals surface area contributed by atoms with Gasteiger partial charge in [0.05, 0.1) is 0 Å². The Bertz CT molecular complexity index is 107. The van der Waals surface area contributed by atoms with Crippen LogP contribution in [-0.2, 0) is 4.79 Å². The van der Waals surface area contributed by atoms with E-state index in [2.05, 4.69) is 17.3 Å². The molecular weight excluding hydrogens is 152 g/mol. The average Bonchev–Trinajstić information content (AvgIpc) is 2.06. The summed E-state index contributed by atoms with van der Waals surface area (Å²) in [6, 6.07) is 0. The Morgan fingerprint density at radius 3 is 2.58 bits per heavy atom. The monoisotopic (exact) mass is 172 g/mol. The number of rotatable bonds is 8. The highest BCUT2D eigenvalue weighted by Gasteiger charge is 1.96. The number of hydrogen-bond donors (Lipinski definition) is 1. The van der Waals surface area contributed by atoms with Crippen LogP contribution in [0.4, 0.5) is 0 Å². The first-order chi connectivity index (χ1) is 5.81. The minimum atomic E-state index is 0.691. The van der Waals surface area contributed by atoms with Crippen molar-refractivity contribution in [3.8, 4) is 0 Å². The average molecular weight is 172 g/mol. The molecule has 0 spiro atoms. The van der Waals surface area contributed by atoms with Crippen LogP contribution in [0.1, 0.15) is 19.3 Å². The molecular formula is C9H20N2O. The standard InChI is InChI=1S/C9H20N2O/c1-10-6-5-8-11(2)7-3-4-9-12/h9-10H,3-8H2,1-2H3. The molecule has 12 heavy (non-hydrogen) atoms. The minimum absolute atomic E-state index is 0.691. The van der Waals surface area contributed by atoms with Gasteiger partial charge in [-0.2, -0.15) is 0 Å². The number of nitrogens with one attached hydrogen (secondary N) is 1. The summed E-state index contributed by atoms with van der Waals surface area (Å²) in [4.78, 5) is 12.3. The van der Waals surface area contributed by atoms with Crippen LogP contribution >= 0.6 is 0 Å². The molecule has 0 aliphatic carbocycles. The van der Waals surface area contributed by atoms with Crippen molar-refractivity contribution in [3.63, 3.8) is 0 Å². The highest BCUT2D eigenvalue weighted by atomic mass is 16.1. The van der Waals surface area contributed by atoms with Crippen LogP contribution in [0.5, 0.6) is 0 Å². The van der Waals surface area contributed by atoms with Crippen LogP contribution in [0.15, 0.2) is 0 Å². The molecule has 0 aliphatic heterocycles. The Labute approximate surface area is 75.1 Å². The molecule has 0 saturated heterocycles. The summed E-state index contributed by atoms with van der Waals surface area (Å²) in [5, 5.41) is 3.11. The molecule has 0 aliphatic rings. The second-order valence-electron chi connectivity index (χ2n) is 3.07. The summed E-state index contributed by atoms with van der Waals surface area (Å²) in [5.74, 6) is 0. The largest absolute Gasteiger partial charge is 0.320 e. The fourth-order valence-corrected chi connectivity index (χ4v) is 1.08. The van der Waals surface area contributed by atoms with Gasteiger partial charge in [-0.15, -0.1) is 0 Å². The molecule has 0 heterocycles. The molecule has 0 saturated carbocycles. The maximum atomic E-state index is 10.0. The number of nitrogens with zero attached hydrogens (tertiary/aromatic N) is 1. The van der Waals surface area contributed by atoms with E-state index in [1.165, 1.54) is 6.42 Å². The van der Waals surface area contributed by atoms with Crippen LogP contribution in [0, 0.1) is 0 Å². The van der Waals surface area contributed by atoms with E-state index < -0.39 is 0 Å². The van der Waals surface area contributed by atoms with E-state index in [-0.39, 0.29) is 0 Å². The first kappa shape index (κ1) is 11.6. The van der Waals surface area contributed by atoms with Gasteiger partial charge >= 0.3 is 0 Å². The Kier molecular flexibility index (Phi) is 8.39. The van der Waals surface area contributed by atoms with Crippen molar-refractivity contribution in [3.05, 3.63) is 0 Å². The van der Waals surface area contributed by atoms with Gasteiger partial charge in [-0.25, -0.2) is 0 Å². The third-order valence-electron chi connectivity index (χ3n) is 1.83. The van der Waals surface area contributed by atoms with Crippen molar-refractivity contribution in [1.29, 1.82) is 0 Å². The van der Waals surface area contributed by atoms with Crippen LogP contribution in [0.2, 0.25) is 0 Å². The molecule has 0 aromatic heterocycles. The zero-order valence-corrected chi connectivity index (χ0v) is 8.18. The summed E-state index contributed by atoms with van der Waals surface area (Å²) in [6.07, 6.45) is 3.84. The molecule has 3 heteroatoms. The number of hydrogen-bond acceptors (Lipinski definition) is 3. The van der Waals surface area contributed by atoms with Gasteiger partial charge in [0.25, 0.3) is 0 Å². The Morgan fingerprint density at radius 2 is 2.00 bits per heavy atom. The highest BCUT2D eigenvalue weighted by Crippen LogP contribution is 1.91. The molecule has 72 valence electrons. The molecule has 0 bridgehead atoms. The second-order valence-corrected chi connectivity index (χ2v) is 3.07. The fraction of sp³-hybridized carbons (Fsp3) is 0.889. The third kappa shape index (κ3) is 7.69. The van der Waals surface area contributed by atoms with Gasteiger partial charge in [0.15, 0.2) is 0 Å². The van der Waals surface area contributed by atoms with Gasteiger partial charge in [-0.3, -0.25) is 0 Å².